The summed E-state index contributed by atoms with van der Waals surface area (Å²) in [4.78, 5) is 12.1. The van der Waals surface area contributed by atoms with Crippen LogP contribution in [0.25, 0.3) is 6.08 Å². The normalized spacial score (nSPS) is 14.0. The Hall–Kier alpha value is -3.39. The highest BCUT2D eigenvalue weighted by molar-refractivity contribution is 5.90. The fourth-order valence-electron chi connectivity index (χ4n) is 2.38. The van der Waals surface area contributed by atoms with Crippen molar-refractivity contribution in [1.82, 2.24) is 5.43 Å². The van der Waals surface area contributed by atoms with Gasteiger partial charge in [-0.05, 0) is 17.7 Å². The third kappa shape index (κ3) is 3.50. The van der Waals surface area contributed by atoms with Crippen LogP contribution in [-0.2, 0) is 4.79 Å². The second-order valence-electron chi connectivity index (χ2n) is 5.25. The molecule has 1 atom stereocenters. The summed E-state index contributed by atoms with van der Waals surface area (Å²) in [6, 6.07) is 18.6. The molecule has 0 saturated heterocycles. The lowest BCUT2D eigenvalue weighted by molar-refractivity contribution is -0.121. The number of para-hydroxylation sites is 1. The summed E-state index contributed by atoms with van der Waals surface area (Å²) in [5, 5.41) is 13.2. The number of fused-ring (bicyclic) bond motifs is 1. The van der Waals surface area contributed by atoms with Gasteiger partial charge in [0.1, 0.15) is 12.4 Å². The second-order valence-corrected chi connectivity index (χ2v) is 5.25. The Kier molecular flexibility index (Phi) is 4.68. The number of carbonyl (C=O) groups is 1. The van der Waals surface area contributed by atoms with Gasteiger partial charge in [0.2, 0.25) is 0 Å². The number of amides is 1. The molecule has 1 amide bonds. The van der Waals surface area contributed by atoms with E-state index in [1.807, 2.05) is 42.5 Å². The number of benzene rings is 2. The molecule has 5 nitrogen and oxygen atoms in total. The maximum absolute atomic E-state index is 12.1. The average Bonchev–Trinajstić information content (AvgIpc) is 2.63. The number of nitrogens with zero attached hydrogens (tertiary/aromatic N) is 2. The van der Waals surface area contributed by atoms with Gasteiger partial charge in [0.15, 0.2) is 5.92 Å². The molecule has 118 valence electrons. The molecule has 24 heavy (non-hydrogen) atoms. The minimum absolute atomic E-state index is 0.386. The van der Waals surface area contributed by atoms with E-state index < -0.39 is 11.8 Å². The third-order valence-electron chi connectivity index (χ3n) is 3.58. The molecule has 0 bridgehead atoms. The van der Waals surface area contributed by atoms with E-state index in [0.717, 1.165) is 16.9 Å². The summed E-state index contributed by atoms with van der Waals surface area (Å²) in [5.41, 5.74) is 4.86. The van der Waals surface area contributed by atoms with Gasteiger partial charge in [-0.25, -0.2) is 5.43 Å². The van der Waals surface area contributed by atoms with Crippen molar-refractivity contribution in [2.75, 3.05) is 6.61 Å². The van der Waals surface area contributed by atoms with Gasteiger partial charge in [-0.1, -0.05) is 48.5 Å². The van der Waals surface area contributed by atoms with Crippen molar-refractivity contribution < 1.29 is 9.53 Å². The number of hydrazone groups is 1. The summed E-state index contributed by atoms with van der Waals surface area (Å²) in [7, 11) is 0. The van der Waals surface area contributed by atoms with E-state index in [-0.39, 0.29) is 0 Å². The van der Waals surface area contributed by atoms with Crippen LogP contribution in [-0.4, -0.2) is 18.7 Å². The van der Waals surface area contributed by atoms with Gasteiger partial charge in [0.05, 0.1) is 12.3 Å². The summed E-state index contributed by atoms with van der Waals surface area (Å²) >= 11 is 0. The van der Waals surface area contributed by atoms with E-state index in [2.05, 4.69) is 10.5 Å². The standard InChI is InChI=1S/C19H15N3O2/c20-11-17(15-6-2-1-3-7-15)19(23)22-21-12-14-10-16-8-4-5-9-18(16)24-13-14/h1-10,12,17H,13H2,(H,22,23). The molecule has 1 unspecified atom stereocenters. The van der Waals surface area contributed by atoms with Crippen molar-refractivity contribution in [2.24, 2.45) is 5.10 Å². The fraction of sp³-hybridized carbons (Fsp3) is 0.105. The van der Waals surface area contributed by atoms with Crippen LogP contribution >= 0.6 is 0 Å². The van der Waals surface area contributed by atoms with Crippen LogP contribution in [0.15, 0.2) is 65.3 Å². The van der Waals surface area contributed by atoms with Crippen molar-refractivity contribution in [3.05, 3.63) is 71.3 Å². The Balaban J connectivity index is 1.65. The SMILES string of the molecule is N#CC(C(=O)NN=CC1=Cc2ccccc2OC1)c1ccccc1. The largest absolute Gasteiger partial charge is 0.488 e. The lowest BCUT2D eigenvalue weighted by atomic mass is 10.0. The molecular formula is C19H15N3O2. The fourth-order valence-corrected chi connectivity index (χ4v) is 2.38. The first kappa shape index (κ1) is 15.5. The molecule has 2 aromatic carbocycles. The maximum atomic E-state index is 12.1. The van der Waals surface area contributed by atoms with Gasteiger partial charge in [-0.15, -0.1) is 0 Å². The van der Waals surface area contributed by atoms with Crippen molar-refractivity contribution in [1.29, 1.82) is 5.26 Å². The highest BCUT2D eigenvalue weighted by Crippen LogP contribution is 2.24. The third-order valence-corrected chi connectivity index (χ3v) is 3.58. The van der Waals surface area contributed by atoms with E-state index in [1.54, 1.807) is 24.3 Å². The lowest BCUT2D eigenvalue weighted by Gasteiger charge is -2.15. The molecule has 0 aliphatic carbocycles. The number of rotatable bonds is 4. The van der Waals surface area contributed by atoms with Gasteiger partial charge in [0.25, 0.3) is 5.91 Å². The summed E-state index contributed by atoms with van der Waals surface area (Å²) in [6.45, 7) is 0.386. The molecule has 1 aliphatic heterocycles. The van der Waals surface area contributed by atoms with Crippen molar-refractivity contribution in [3.63, 3.8) is 0 Å². The Morgan fingerprint density at radius 3 is 2.75 bits per heavy atom. The molecule has 0 fully saturated rings. The van der Waals surface area contributed by atoms with E-state index in [0.29, 0.717) is 12.2 Å². The zero-order valence-corrected chi connectivity index (χ0v) is 12.8. The van der Waals surface area contributed by atoms with Crippen LogP contribution in [0, 0.1) is 11.3 Å². The highest BCUT2D eigenvalue weighted by atomic mass is 16.5. The van der Waals surface area contributed by atoms with E-state index in [9.17, 15) is 10.1 Å². The van der Waals surface area contributed by atoms with Crippen LogP contribution in [0.1, 0.15) is 17.0 Å². The summed E-state index contributed by atoms with van der Waals surface area (Å²) in [5.74, 6) is -0.523. The first-order chi connectivity index (χ1) is 11.8. The zero-order chi connectivity index (χ0) is 16.8. The van der Waals surface area contributed by atoms with Crippen molar-refractivity contribution in [3.8, 4) is 11.8 Å². The molecule has 1 N–H and O–H groups in total. The van der Waals surface area contributed by atoms with Crippen LogP contribution < -0.4 is 10.2 Å². The highest BCUT2D eigenvalue weighted by Gasteiger charge is 2.19. The Labute approximate surface area is 139 Å². The van der Waals surface area contributed by atoms with Crippen molar-refractivity contribution in [2.45, 2.75) is 5.92 Å². The Bertz CT molecular complexity index is 835. The molecule has 2 aromatic rings. The molecule has 5 heteroatoms. The minimum atomic E-state index is -0.888. The van der Waals surface area contributed by atoms with Crippen LogP contribution in [0.5, 0.6) is 5.75 Å². The predicted molar refractivity (Wildman–Crippen MR) is 91.3 cm³/mol. The van der Waals surface area contributed by atoms with E-state index in [1.165, 1.54) is 6.21 Å². The topological polar surface area (TPSA) is 74.5 Å². The zero-order valence-electron chi connectivity index (χ0n) is 12.8. The number of nitriles is 1. The second kappa shape index (κ2) is 7.25. The van der Waals surface area contributed by atoms with Crippen LogP contribution in [0.4, 0.5) is 0 Å². The summed E-state index contributed by atoms with van der Waals surface area (Å²) < 4.78 is 5.61. The first-order valence-corrected chi connectivity index (χ1v) is 7.48. The summed E-state index contributed by atoms with van der Waals surface area (Å²) in [6.07, 6.45) is 3.49. The van der Waals surface area contributed by atoms with Gasteiger partial charge < -0.3 is 4.74 Å². The Morgan fingerprint density at radius 1 is 1.21 bits per heavy atom. The number of nitrogens with one attached hydrogen (secondary N) is 1. The van der Waals surface area contributed by atoms with E-state index >= 15 is 0 Å². The molecule has 0 saturated carbocycles. The smallest absolute Gasteiger partial charge is 0.261 e. The molecule has 0 radical (unpaired) electrons. The first-order valence-electron chi connectivity index (χ1n) is 7.48. The molecular weight excluding hydrogens is 302 g/mol. The maximum Gasteiger partial charge on any atom is 0.261 e. The predicted octanol–water partition coefficient (Wildman–Crippen LogP) is 2.87. The number of carbonyl (C=O) groups excluding carboxylic acids is 1. The minimum Gasteiger partial charge on any atom is -0.488 e. The van der Waals surface area contributed by atoms with Gasteiger partial charge in [0, 0.05) is 11.1 Å². The Morgan fingerprint density at radius 2 is 1.96 bits per heavy atom. The van der Waals surface area contributed by atoms with Gasteiger partial charge in [-0.3, -0.25) is 4.79 Å². The molecule has 1 aliphatic rings. The van der Waals surface area contributed by atoms with Crippen LogP contribution in [0.2, 0.25) is 0 Å². The van der Waals surface area contributed by atoms with Crippen LogP contribution in [0.3, 0.4) is 0 Å². The van der Waals surface area contributed by atoms with Gasteiger partial charge >= 0.3 is 0 Å². The van der Waals surface area contributed by atoms with E-state index in [4.69, 9.17) is 4.74 Å². The molecule has 3 rings (SSSR count). The number of hydrogen-bond donors (Lipinski definition) is 1. The molecule has 0 spiro atoms. The quantitative estimate of drug-likeness (QED) is 0.696. The number of hydrogen-bond acceptors (Lipinski definition) is 4. The molecule has 1 heterocycles. The monoisotopic (exact) mass is 317 g/mol. The average molecular weight is 317 g/mol. The number of ether oxygens (including phenoxy) is 1. The molecule has 0 aromatic heterocycles. The van der Waals surface area contributed by atoms with Gasteiger partial charge in [-0.2, -0.15) is 10.4 Å². The van der Waals surface area contributed by atoms with Crippen molar-refractivity contribution >= 4 is 18.2 Å². The lowest BCUT2D eigenvalue weighted by Crippen LogP contribution is -2.24.